The molecule has 0 bridgehead atoms. The molecule has 2 fully saturated rings. The molecule has 2 aliphatic heterocycles. The molecule has 5 nitrogen and oxygen atoms in total. The van der Waals surface area contributed by atoms with Crippen molar-refractivity contribution in [1.82, 2.24) is 9.80 Å². The first-order chi connectivity index (χ1) is 10.3. The summed E-state index contributed by atoms with van der Waals surface area (Å²) < 4.78 is 5.45. The fraction of sp³-hybridized carbons (Fsp3) is 0.941. The summed E-state index contributed by atoms with van der Waals surface area (Å²) in [6.07, 6.45) is 4.07. The highest BCUT2D eigenvalue weighted by atomic mass is 16.6. The molecular weight excluding hydrogens is 280 g/mol. The Balaban J connectivity index is 1.84. The molecule has 5 heteroatoms. The molecule has 0 aromatic rings. The summed E-state index contributed by atoms with van der Waals surface area (Å²) in [4.78, 5) is 16.4. The zero-order valence-corrected chi connectivity index (χ0v) is 14.5. The lowest BCUT2D eigenvalue weighted by Crippen LogP contribution is -2.48. The van der Waals surface area contributed by atoms with Crippen LogP contribution < -0.4 is 0 Å². The maximum Gasteiger partial charge on any atom is 0.410 e. The van der Waals surface area contributed by atoms with Crippen molar-refractivity contribution in [2.24, 2.45) is 5.92 Å². The van der Waals surface area contributed by atoms with Crippen molar-refractivity contribution in [3.05, 3.63) is 0 Å². The van der Waals surface area contributed by atoms with E-state index >= 15 is 0 Å². The third-order valence-electron chi connectivity index (χ3n) is 4.65. The molecular formula is C17H32N2O3. The number of aliphatic hydroxyl groups is 1. The summed E-state index contributed by atoms with van der Waals surface area (Å²) >= 11 is 0. The van der Waals surface area contributed by atoms with Gasteiger partial charge < -0.3 is 14.7 Å². The minimum Gasteiger partial charge on any atom is -0.444 e. The number of amides is 1. The van der Waals surface area contributed by atoms with E-state index in [0.29, 0.717) is 5.92 Å². The monoisotopic (exact) mass is 312 g/mol. The Hall–Kier alpha value is -0.810. The molecule has 0 unspecified atom stereocenters. The number of hydrogen-bond acceptors (Lipinski definition) is 4. The molecule has 0 radical (unpaired) electrons. The third kappa shape index (κ3) is 4.85. The van der Waals surface area contributed by atoms with Crippen molar-refractivity contribution in [2.45, 2.75) is 71.1 Å². The molecule has 0 aliphatic carbocycles. The van der Waals surface area contributed by atoms with Gasteiger partial charge in [-0.2, -0.15) is 0 Å². The van der Waals surface area contributed by atoms with Crippen molar-refractivity contribution >= 4 is 6.09 Å². The summed E-state index contributed by atoms with van der Waals surface area (Å²) in [5.41, 5.74) is -0.431. The number of carbonyl (C=O) groups is 1. The van der Waals surface area contributed by atoms with Crippen LogP contribution in [0, 0.1) is 5.92 Å². The highest BCUT2D eigenvalue weighted by Gasteiger charge is 2.33. The molecule has 128 valence electrons. The van der Waals surface area contributed by atoms with Gasteiger partial charge in [0.25, 0.3) is 0 Å². The molecule has 0 saturated carbocycles. The van der Waals surface area contributed by atoms with Crippen molar-refractivity contribution < 1.29 is 14.6 Å². The van der Waals surface area contributed by atoms with Crippen LogP contribution in [0.5, 0.6) is 0 Å². The van der Waals surface area contributed by atoms with Crippen LogP contribution in [0.4, 0.5) is 4.79 Å². The first-order valence-corrected chi connectivity index (χ1v) is 8.66. The molecule has 3 atom stereocenters. The van der Waals surface area contributed by atoms with Crippen molar-refractivity contribution in [3.63, 3.8) is 0 Å². The normalized spacial score (nSPS) is 28.7. The largest absolute Gasteiger partial charge is 0.444 e. The number of hydrogen-bond donors (Lipinski definition) is 1. The maximum absolute atomic E-state index is 12.1. The second kappa shape index (κ2) is 7.18. The van der Waals surface area contributed by atoms with Gasteiger partial charge in [-0.05, 0) is 59.4 Å². The summed E-state index contributed by atoms with van der Waals surface area (Å²) in [5, 5.41) is 9.96. The first kappa shape index (κ1) is 17.5. The third-order valence-corrected chi connectivity index (χ3v) is 4.65. The van der Waals surface area contributed by atoms with E-state index in [4.69, 9.17) is 4.74 Å². The summed E-state index contributed by atoms with van der Waals surface area (Å²) in [6, 6.07) is 0.282. The fourth-order valence-corrected chi connectivity index (χ4v) is 3.60. The summed E-state index contributed by atoms with van der Waals surface area (Å²) in [6.45, 7) is 11.2. The molecule has 2 saturated heterocycles. The topological polar surface area (TPSA) is 53.0 Å². The van der Waals surface area contributed by atoms with Gasteiger partial charge in [0.05, 0.1) is 6.10 Å². The van der Waals surface area contributed by atoms with Gasteiger partial charge in [0, 0.05) is 25.7 Å². The number of carbonyl (C=O) groups excluding carboxylic acids is 1. The standard InChI is InChI=1S/C17H32N2O3/c1-13(20)15-7-5-6-9-18(15)11-14-8-10-19(12-14)16(21)22-17(2,3)4/h13-15,20H,5-12H2,1-4H3/t13-,14-,15+/m0/s1. The number of aliphatic hydroxyl groups excluding tert-OH is 1. The van der Waals surface area contributed by atoms with Crippen LogP contribution in [0.25, 0.3) is 0 Å². The molecule has 0 aromatic heterocycles. The van der Waals surface area contributed by atoms with E-state index in [2.05, 4.69) is 4.90 Å². The Bertz CT molecular complexity index is 379. The second-order valence-electron chi connectivity index (χ2n) is 7.88. The predicted molar refractivity (Wildman–Crippen MR) is 86.8 cm³/mol. The van der Waals surface area contributed by atoms with Crippen LogP contribution in [0.1, 0.15) is 53.4 Å². The molecule has 22 heavy (non-hydrogen) atoms. The van der Waals surface area contributed by atoms with E-state index < -0.39 is 5.60 Å². The van der Waals surface area contributed by atoms with Gasteiger partial charge in [0.1, 0.15) is 5.60 Å². The molecule has 2 aliphatic rings. The number of nitrogens with zero attached hydrogens (tertiary/aromatic N) is 2. The number of ether oxygens (including phenoxy) is 1. The van der Waals surface area contributed by atoms with Crippen LogP contribution in [-0.2, 0) is 4.74 Å². The number of rotatable bonds is 3. The van der Waals surface area contributed by atoms with Gasteiger partial charge in [0.15, 0.2) is 0 Å². The quantitative estimate of drug-likeness (QED) is 0.870. The van der Waals surface area contributed by atoms with Gasteiger partial charge in [-0.1, -0.05) is 6.42 Å². The fourth-order valence-electron chi connectivity index (χ4n) is 3.60. The van der Waals surface area contributed by atoms with Crippen LogP contribution in [0.2, 0.25) is 0 Å². The lowest BCUT2D eigenvalue weighted by atomic mass is 9.96. The van der Waals surface area contributed by atoms with Crippen LogP contribution in [-0.4, -0.2) is 64.9 Å². The van der Waals surface area contributed by atoms with Crippen LogP contribution >= 0.6 is 0 Å². The molecule has 0 spiro atoms. The van der Waals surface area contributed by atoms with E-state index in [0.717, 1.165) is 39.0 Å². The molecule has 1 amide bonds. The van der Waals surface area contributed by atoms with E-state index in [-0.39, 0.29) is 18.2 Å². The summed E-state index contributed by atoms with van der Waals surface area (Å²) in [7, 11) is 0. The van der Waals surface area contributed by atoms with Gasteiger partial charge in [-0.25, -0.2) is 4.79 Å². The average Bonchev–Trinajstić information content (AvgIpc) is 2.86. The maximum atomic E-state index is 12.1. The highest BCUT2D eigenvalue weighted by molar-refractivity contribution is 5.68. The van der Waals surface area contributed by atoms with Gasteiger partial charge in [-0.15, -0.1) is 0 Å². The molecule has 1 N–H and O–H groups in total. The average molecular weight is 312 g/mol. The Labute approximate surface area is 134 Å². The van der Waals surface area contributed by atoms with E-state index in [9.17, 15) is 9.90 Å². The lowest BCUT2D eigenvalue weighted by molar-refractivity contribution is 0.0216. The Morgan fingerprint density at radius 2 is 2.00 bits per heavy atom. The SMILES string of the molecule is C[C@H](O)[C@H]1CCCCN1C[C@@H]1CCN(C(=O)OC(C)(C)C)C1. The van der Waals surface area contributed by atoms with E-state index in [1.54, 1.807) is 0 Å². The summed E-state index contributed by atoms with van der Waals surface area (Å²) in [5.74, 6) is 0.492. The zero-order valence-electron chi connectivity index (χ0n) is 14.5. The Morgan fingerprint density at radius 3 is 2.64 bits per heavy atom. The van der Waals surface area contributed by atoms with E-state index in [1.807, 2.05) is 32.6 Å². The van der Waals surface area contributed by atoms with E-state index in [1.165, 1.54) is 12.8 Å². The molecule has 2 heterocycles. The highest BCUT2D eigenvalue weighted by Crippen LogP contribution is 2.25. The number of likely N-dealkylation sites (tertiary alicyclic amines) is 2. The van der Waals surface area contributed by atoms with Gasteiger partial charge >= 0.3 is 6.09 Å². The number of piperidine rings is 1. The lowest BCUT2D eigenvalue weighted by Gasteiger charge is -2.38. The Morgan fingerprint density at radius 1 is 1.27 bits per heavy atom. The van der Waals surface area contributed by atoms with Crippen LogP contribution in [0.15, 0.2) is 0 Å². The minimum atomic E-state index is -0.431. The van der Waals surface area contributed by atoms with Crippen LogP contribution in [0.3, 0.4) is 0 Å². The van der Waals surface area contributed by atoms with Crippen molar-refractivity contribution in [3.8, 4) is 0 Å². The predicted octanol–water partition coefficient (Wildman–Crippen LogP) is 2.48. The second-order valence-corrected chi connectivity index (χ2v) is 7.88. The molecule has 0 aromatic carbocycles. The van der Waals surface area contributed by atoms with Crippen molar-refractivity contribution in [1.29, 1.82) is 0 Å². The minimum absolute atomic E-state index is 0.194. The smallest absolute Gasteiger partial charge is 0.410 e. The van der Waals surface area contributed by atoms with Gasteiger partial charge in [-0.3, -0.25) is 4.90 Å². The molecule has 2 rings (SSSR count). The van der Waals surface area contributed by atoms with Crippen molar-refractivity contribution in [2.75, 3.05) is 26.2 Å². The van der Waals surface area contributed by atoms with Gasteiger partial charge in [0.2, 0.25) is 0 Å². The zero-order chi connectivity index (χ0) is 16.3. The Kier molecular flexibility index (Phi) is 5.72. The first-order valence-electron chi connectivity index (χ1n) is 8.66.